The highest BCUT2D eigenvalue weighted by molar-refractivity contribution is 6.05. The van der Waals surface area contributed by atoms with Crippen LogP contribution in [0.3, 0.4) is 0 Å². The fourth-order valence-electron chi connectivity index (χ4n) is 1.69. The number of hydrogen-bond donors (Lipinski definition) is 0. The number of rotatable bonds is 4. The van der Waals surface area contributed by atoms with E-state index in [1.807, 2.05) is 6.08 Å². The van der Waals surface area contributed by atoms with Gasteiger partial charge in [0.2, 0.25) is 5.78 Å². The van der Waals surface area contributed by atoms with Crippen molar-refractivity contribution in [2.75, 3.05) is 13.7 Å². The fraction of sp³-hybridized carbons (Fsp3) is 0.538. The molecule has 0 aromatic carbocycles. The number of allylic oxidation sites excluding steroid dienone is 3. The molecule has 1 rings (SSSR count). The largest absolute Gasteiger partial charge is 0.452 e. The zero-order valence-corrected chi connectivity index (χ0v) is 10.4. The van der Waals surface area contributed by atoms with Crippen molar-refractivity contribution in [1.29, 1.82) is 0 Å². The normalized spacial score (nSPS) is 15.9. The molecule has 0 spiro atoms. The second-order valence-electron chi connectivity index (χ2n) is 3.91. The van der Waals surface area contributed by atoms with Crippen molar-refractivity contribution >= 4 is 11.9 Å². The van der Waals surface area contributed by atoms with Crippen LogP contribution in [0.1, 0.15) is 32.6 Å². The highest BCUT2D eigenvalue weighted by Crippen LogP contribution is 2.17. The van der Waals surface area contributed by atoms with E-state index in [1.54, 1.807) is 6.08 Å². The van der Waals surface area contributed by atoms with Gasteiger partial charge in [-0.25, -0.2) is 4.79 Å². The molecule has 0 aromatic heterocycles. The molecule has 0 aromatic rings. The molecular formula is C13H19NO3. The summed E-state index contributed by atoms with van der Waals surface area (Å²) in [6.45, 7) is 2.60. The molecule has 0 unspecified atom stereocenters. The number of methoxy groups -OCH3 is 1. The second-order valence-corrected chi connectivity index (χ2v) is 3.91. The van der Waals surface area contributed by atoms with E-state index in [9.17, 15) is 9.59 Å². The van der Waals surface area contributed by atoms with E-state index < -0.39 is 6.09 Å². The summed E-state index contributed by atoms with van der Waals surface area (Å²) in [5.74, 6) is -0.122. The number of ether oxygens (including phenoxy) is 1. The predicted octanol–water partition coefficient (Wildman–Crippen LogP) is 2.66. The van der Waals surface area contributed by atoms with Crippen molar-refractivity contribution in [2.24, 2.45) is 0 Å². The Kier molecular flexibility index (Phi) is 5.46. The van der Waals surface area contributed by atoms with E-state index in [4.69, 9.17) is 0 Å². The van der Waals surface area contributed by atoms with Crippen LogP contribution in [-0.4, -0.2) is 30.4 Å². The van der Waals surface area contributed by atoms with E-state index in [-0.39, 0.29) is 5.78 Å². The Morgan fingerprint density at radius 3 is 2.94 bits per heavy atom. The minimum atomic E-state index is -0.465. The van der Waals surface area contributed by atoms with Gasteiger partial charge in [-0.15, -0.1) is 0 Å². The van der Waals surface area contributed by atoms with Gasteiger partial charge in [-0.1, -0.05) is 25.5 Å². The van der Waals surface area contributed by atoms with Crippen molar-refractivity contribution in [2.45, 2.75) is 32.6 Å². The molecule has 1 heterocycles. The lowest BCUT2D eigenvalue weighted by molar-refractivity contribution is -0.112. The average Bonchev–Trinajstić information content (AvgIpc) is 2.38. The molecule has 0 aliphatic carbocycles. The summed E-state index contributed by atoms with van der Waals surface area (Å²) in [6.07, 6.45) is 8.29. The first kappa shape index (κ1) is 13.5. The summed E-state index contributed by atoms with van der Waals surface area (Å²) in [7, 11) is 1.33. The van der Waals surface area contributed by atoms with Crippen LogP contribution in [0.15, 0.2) is 23.9 Å². The number of hydrogen-bond acceptors (Lipinski definition) is 3. The van der Waals surface area contributed by atoms with Crippen molar-refractivity contribution in [1.82, 2.24) is 4.90 Å². The maximum absolute atomic E-state index is 11.9. The van der Waals surface area contributed by atoms with Gasteiger partial charge in [0.05, 0.1) is 12.8 Å². The number of nitrogens with zero attached hydrogens (tertiary/aromatic N) is 1. The highest BCUT2D eigenvalue weighted by atomic mass is 16.5. The molecule has 94 valence electrons. The smallest absolute Gasteiger partial charge is 0.414 e. The quantitative estimate of drug-likeness (QED) is 0.706. The van der Waals surface area contributed by atoms with Gasteiger partial charge in [0.25, 0.3) is 0 Å². The van der Waals surface area contributed by atoms with E-state index in [0.29, 0.717) is 12.2 Å². The SMILES string of the molecule is CCC/C=C/C(=O)C1=CCCCN1C(=O)OC. The third-order valence-corrected chi connectivity index (χ3v) is 2.59. The Hall–Kier alpha value is -1.58. The van der Waals surface area contributed by atoms with Crippen LogP contribution in [0.25, 0.3) is 0 Å². The second kappa shape index (κ2) is 6.89. The van der Waals surface area contributed by atoms with E-state index in [2.05, 4.69) is 11.7 Å². The van der Waals surface area contributed by atoms with Gasteiger partial charge in [0.1, 0.15) is 0 Å². The Balaban J connectivity index is 2.74. The van der Waals surface area contributed by atoms with Crippen LogP contribution in [0.5, 0.6) is 0 Å². The van der Waals surface area contributed by atoms with E-state index in [0.717, 1.165) is 25.7 Å². The zero-order chi connectivity index (χ0) is 12.7. The first-order valence-corrected chi connectivity index (χ1v) is 5.97. The Morgan fingerprint density at radius 1 is 1.53 bits per heavy atom. The summed E-state index contributed by atoms with van der Waals surface area (Å²) < 4.78 is 4.67. The standard InChI is InChI=1S/C13H19NO3/c1-3-4-5-9-12(15)11-8-6-7-10-14(11)13(16)17-2/h5,8-9H,3-4,6-7,10H2,1-2H3/b9-5+. The van der Waals surface area contributed by atoms with E-state index >= 15 is 0 Å². The van der Waals surface area contributed by atoms with Crippen molar-refractivity contribution in [3.63, 3.8) is 0 Å². The van der Waals surface area contributed by atoms with Crippen LogP contribution in [0.2, 0.25) is 0 Å². The van der Waals surface area contributed by atoms with Crippen LogP contribution < -0.4 is 0 Å². The molecule has 0 saturated carbocycles. The Labute approximate surface area is 102 Å². The Bertz CT molecular complexity index is 345. The molecule has 0 N–H and O–H groups in total. The molecule has 0 fully saturated rings. The van der Waals surface area contributed by atoms with Gasteiger partial charge in [-0.3, -0.25) is 9.69 Å². The topological polar surface area (TPSA) is 46.6 Å². The predicted molar refractivity (Wildman–Crippen MR) is 65.5 cm³/mol. The fourth-order valence-corrected chi connectivity index (χ4v) is 1.69. The van der Waals surface area contributed by atoms with Crippen LogP contribution >= 0.6 is 0 Å². The number of amides is 1. The van der Waals surface area contributed by atoms with Crippen LogP contribution in [0.4, 0.5) is 4.79 Å². The lowest BCUT2D eigenvalue weighted by Crippen LogP contribution is -2.36. The molecule has 0 bridgehead atoms. The summed E-state index contributed by atoms with van der Waals surface area (Å²) in [6, 6.07) is 0. The molecule has 0 atom stereocenters. The summed E-state index contributed by atoms with van der Waals surface area (Å²) >= 11 is 0. The first-order chi connectivity index (χ1) is 8.20. The number of unbranched alkanes of at least 4 members (excludes halogenated alkanes) is 1. The van der Waals surface area contributed by atoms with Gasteiger partial charge >= 0.3 is 6.09 Å². The molecule has 0 radical (unpaired) electrons. The molecule has 4 nitrogen and oxygen atoms in total. The molecule has 1 aliphatic heterocycles. The lowest BCUT2D eigenvalue weighted by atomic mass is 10.1. The van der Waals surface area contributed by atoms with E-state index in [1.165, 1.54) is 18.1 Å². The summed E-state index contributed by atoms with van der Waals surface area (Å²) in [5, 5.41) is 0. The lowest BCUT2D eigenvalue weighted by Gasteiger charge is -2.25. The van der Waals surface area contributed by atoms with Crippen molar-refractivity contribution < 1.29 is 14.3 Å². The monoisotopic (exact) mass is 237 g/mol. The van der Waals surface area contributed by atoms with Gasteiger partial charge < -0.3 is 4.74 Å². The molecule has 0 saturated heterocycles. The zero-order valence-electron chi connectivity index (χ0n) is 10.4. The van der Waals surface area contributed by atoms with Gasteiger partial charge in [-0.05, 0) is 25.3 Å². The van der Waals surface area contributed by atoms with Crippen molar-refractivity contribution in [3.8, 4) is 0 Å². The minimum absolute atomic E-state index is 0.122. The molecule has 1 aliphatic rings. The number of ketones is 1. The van der Waals surface area contributed by atoms with Crippen LogP contribution in [0, 0.1) is 0 Å². The summed E-state index contributed by atoms with van der Waals surface area (Å²) in [4.78, 5) is 24.8. The maximum atomic E-state index is 11.9. The van der Waals surface area contributed by atoms with Crippen molar-refractivity contribution in [3.05, 3.63) is 23.9 Å². The number of carbonyl (C=O) groups excluding carboxylic acids is 2. The third-order valence-electron chi connectivity index (χ3n) is 2.59. The first-order valence-electron chi connectivity index (χ1n) is 5.97. The van der Waals surface area contributed by atoms with Gasteiger partial charge in [-0.2, -0.15) is 0 Å². The molecule has 1 amide bonds. The van der Waals surface area contributed by atoms with Crippen LogP contribution in [-0.2, 0) is 9.53 Å². The van der Waals surface area contributed by atoms with Gasteiger partial charge in [0, 0.05) is 6.54 Å². The number of carbonyl (C=O) groups is 2. The average molecular weight is 237 g/mol. The molecule has 4 heteroatoms. The van der Waals surface area contributed by atoms with Gasteiger partial charge in [0.15, 0.2) is 0 Å². The third kappa shape index (κ3) is 3.73. The Morgan fingerprint density at radius 2 is 2.29 bits per heavy atom. The molecular weight excluding hydrogens is 218 g/mol. The maximum Gasteiger partial charge on any atom is 0.414 e. The summed E-state index contributed by atoms with van der Waals surface area (Å²) in [5.41, 5.74) is 0.440. The minimum Gasteiger partial charge on any atom is -0.452 e. The molecule has 17 heavy (non-hydrogen) atoms. The highest BCUT2D eigenvalue weighted by Gasteiger charge is 2.24.